The zero-order valence-electron chi connectivity index (χ0n) is 26.6. The van der Waals surface area contributed by atoms with Crippen molar-refractivity contribution >= 4 is 49.2 Å². The molecule has 0 unspecified atom stereocenters. The zero-order valence-corrected chi connectivity index (χ0v) is 31.9. The summed E-state index contributed by atoms with van der Waals surface area (Å²) in [7, 11) is 0. The standard InChI is InChI=1S/C26H19FNS.C14H16GeN.Ir/c1-16(2)18-13-14-28-24(15-18)23-8-4-7-22-21-6-3-5-20(25(21)29-26(22)23)17-9-11-19(27)12-10-17;1-15(2,3)13-9-10-14(16-11-13)12-7-5-4-6-8-12;/h3-7,9-16H,1-2H3;4-7,9-11H,1-3H3;/q2*-1;. The van der Waals surface area contributed by atoms with Crippen molar-refractivity contribution < 1.29 is 24.5 Å². The molecule has 7 rings (SSSR count). The molecule has 0 saturated carbocycles. The molecular weight excluding hydrogens is 824 g/mol. The molecular formula is C40H35FGeIrN2S-2. The number of rotatable bonds is 5. The second-order valence-corrected chi connectivity index (χ2v) is 24.1. The monoisotopic (exact) mass is 861 g/mol. The molecule has 0 aliphatic heterocycles. The summed E-state index contributed by atoms with van der Waals surface area (Å²) in [6.07, 6.45) is 3.92. The summed E-state index contributed by atoms with van der Waals surface area (Å²) in [4.78, 5) is 9.17. The molecule has 2 nitrogen and oxygen atoms in total. The van der Waals surface area contributed by atoms with E-state index in [1.165, 1.54) is 42.3 Å². The third-order valence-corrected chi connectivity index (χ3v) is 13.5. The van der Waals surface area contributed by atoms with Crippen LogP contribution in [0.4, 0.5) is 4.39 Å². The van der Waals surface area contributed by atoms with Crippen LogP contribution in [-0.4, -0.2) is 23.2 Å². The molecule has 3 aromatic heterocycles. The van der Waals surface area contributed by atoms with Gasteiger partial charge in [0.15, 0.2) is 0 Å². The number of benzene rings is 4. The summed E-state index contributed by atoms with van der Waals surface area (Å²) in [5.41, 5.74) is 7.49. The number of fused-ring (bicyclic) bond motifs is 3. The second-order valence-electron chi connectivity index (χ2n) is 12.5. The summed E-state index contributed by atoms with van der Waals surface area (Å²) < 4.78 is 17.2. The molecule has 0 N–H and O–H groups in total. The first-order valence-electron chi connectivity index (χ1n) is 15.2. The Labute approximate surface area is 291 Å². The summed E-state index contributed by atoms with van der Waals surface area (Å²) >= 11 is 0.0421. The summed E-state index contributed by atoms with van der Waals surface area (Å²) in [5.74, 6) is 7.37. The average molecular weight is 860 g/mol. The molecule has 4 aromatic carbocycles. The smallest absolute Gasteiger partial charge is 0 e. The van der Waals surface area contributed by atoms with Crippen LogP contribution in [0.15, 0.2) is 116 Å². The Morgan fingerprint density at radius 2 is 1.52 bits per heavy atom. The van der Waals surface area contributed by atoms with Crippen LogP contribution in [0.25, 0.3) is 53.8 Å². The fourth-order valence-electron chi connectivity index (χ4n) is 5.30. The summed E-state index contributed by atoms with van der Waals surface area (Å²) in [6.45, 7) is 4.38. The van der Waals surface area contributed by atoms with Gasteiger partial charge in [-0.1, -0.05) is 61.2 Å². The third-order valence-electron chi connectivity index (χ3n) is 7.94. The predicted octanol–water partition coefficient (Wildman–Crippen LogP) is 10.9. The largest absolute Gasteiger partial charge is 0 e. The van der Waals surface area contributed by atoms with E-state index in [0.29, 0.717) is 5.92 Å². The van der Waals surface area contributed by atoms with Crippen LogP contribution in [0.3, 0.4) is 0 Å². The first kappa shape index (κ1) is 33.9. The van der Waals surface area contributed by atoms with E-state index in [1.54, 1.807) is 11.3 Å². The van der Waals surface area contributed by atoms with E-state index >= 15 is 0 Å². The first-order chi connectivity index (χ1) is 21.7. The number of hydrogen-bond acceptors (Lipinski definition) is 3. The molecule has 0 spiro atoms. The SMILES string of the molecule is CC(C)c1ccnc(-c2[c-]ccc3c2sc2c(-c4ccc(F)cc4)cccc23)c1.[CH3][Ge]([CH3])([CH3])[c]1ccc(-c2[c-]cccc2)nc1.[Ir]. The van der Waals surface area contributed by atoms with E-state index < -0.39 is 13.3 Å². The minimum atomic E-state index is -1.72. The van der Waals surface area contributed by atoms with Gasteiger partial charge in [0.25, 0.3) is 0 Å². The fraction of sp³-hybridized carbons (Fsp3) is 0.150. The molecule has 46 heavy (non-hydrogen) atoms. The number of aromatic nitrogens is 2. The number of pyridine rings is 2. The van der Waals surface area contributed by atoms with Gasteiger partial charge < -0.3 is 4.98 Å². The van der Waals surface area contributed by atoms with E-state index in [9.17, 15) is 4.39 Å². The van der Waals surface area contributed by atoms with Gasteiger partial charge in [-0.25, -0.2) is 4.39 Å². The zero-order chi connectivity index (χ0) is 31.6. The van der Waals surface area contributed by atoms with Gasteiger partial charge in [0.2, 0.25) is 0 Å². The Bertz CT molecular complexity index is 2070. The Balaban J connectivity index is 0.000000209. The van der Waals surface area contributed by atoms with Crippen LogP contribution < -0.4 is 4.40 Å². The number of hydrogen-bond donors (Lipinski definition) is 0. The fourth-order valence-corrected chi connectivity index (χ4v) is 8.82. The molecule has 6 heteroatoms. The van der Waals surface area contributed by atoms with Crippen molar-refractivity contribution in [3.05, 3.63) is 139 Å². The van der Waals surface area contributed by atoms with Gasteiger partial charge in [-0.15, -0.1) is 23.8 Å². The Kier molecular flexibility index (Phi) is 10.7. The van der Waals surface area contributed by atoms with E-state index in [2.05, 4.69) is 102 Å². The van der Waals surface area contributed by atoms with E-state index in [0.717, 1.165) is 33.6 Å². The maximum atomic E-state index is 13.4. The topological polar surface area (TPSA) is 25.8 Å². The summed E-state index contributed by atoms with van der Waals surface area (Å²) in [6, 6.07) is 40.3. The molecule has 0 bridgehead atoms. The third kappa shape index (κ3) is 7.39. The first-order valence-corrected chi connectivity index (χ1v) is 23.4. The molecule has 233 valence electrons. The normalized spacial score (nSPS) is 11.3. The van der Waals surface area contributed by atoms with Crippen LogP contribution >= 0.6 is 11.3 Å². The van der Waals surface area contributed by atoms with Crippen LogP contribution in [0.5, 0.6) is 0 Å². The van der Waals surface area contributed by atoms with Crippen molar-refractivity contribution in [1.82, 2.24) is 9.97 Å². The van der Waals surface area contributed by atoms with Crippen molar-refractivity contribution in [2.24, 2.45) is 0 Å². The van der Waals surface area contributed by atoms with Gasteiger partial charge in [0.1, 0.15) is 5.82 Å². The summed E-state index contributed by atoms with van der Waals surface area (Å²) in [5, 5.41) is 2.42. The maximum Gasteiger partial charge on any atom is 0 e. The van der Waals surface area contributed by atoms with Crippen LogP contribution in [-0.2, 0) is 20.1 Å². The molecule has 0 fully saturated rings. The number of halogens is 1. The molecule has 3 heterocycles. The number of thiophene rings is 1. The van der Waals surface area contributed by atoms with Crippen molar-refractivity contribution in [2.75, 3.05) is 0 Å². The van der Waals surface area contributed by atoms with Crippen molar-refractivity contribution in [2.45, 2.75) is 37.0 Å². The van der Waals surface area contributed by atoms with E-state index in [1.807, 2.05) is 54.9 Å². The molecule has 1 radical (unpaired) electrons. The molecule has 7 aromatic rings. The Morgan fingerprint density at radius 1 is 0.739 bits per heavy atom. The van der Waals surface area contributed by atoms with Crippen LogP contribution in [0.2, 0.25) is 17.3 Å². The minimum Gasteiger partial charge on any atom is 0 e. The molecule has 0 aliphatic carbocycles. The van der Waals surface area contributed by atoms with Gasteiger partial charge >= 0.3 is 99.8 Å². The second kappa shape index (κ2) is 14.5. The Hall–Kier alpha value is -3.48. The minimum absolute atomic E-state index is 0. The van der Waals surface area contributed by atoms with Gasteiger partial charge in [-0.3, -0.25) is 0 Å². The quantitative estimate of drug-likeness (QED) is 0.127. The van der Waals surface area contributed by atoms with Crippen LogP contribution in [0, 0.1) is 17.9 Å². The maximum absolute atomic E-state index is 13.4. The van der Waals surface area contributed by atoms with Gasteiger partial charge in [0, 0.05) is 31.0 Å². The van der Waals surface area contributed by atoms with Crippen LogP contribution in [0.1, 0.15) is 25.3 Å². The van der Waals surface area contributed by atoms with Gasteiger partial charge in [-0.05, 0) is 51.0 Å². The van der Waals surface area contributed by atoms with Crippen molar-refractivity contribution in [3.63, 3.8) is 0 Å². The number of nitrogens with zero attached hydrogens (tertiary/aromatic N) is 2. The molecule has 0 atom stereocenters. The van der Waals surface area contributed by atoms with E-state index in [-0.39, 0.29) is 25.9 Å². The van der Waals surface area contributed by atoms with E-state index in [4.69, 9.17) is 0 Å². The molecule has 0 aliphatic rings. The van der Waals surface area contributed by atoms with Crippen molar-refractivity contribution in [3.8, 4) is 33.6 Å². The predicted molar refractivity (Wildman–Crippen MR) is 192 cm³/mol. The van der Waals surface area contributed by atoms with Gasteiger partial charge in [-0.2, -0.15) is 11.3 Å². The Morgan fingerprint density at radius 3 is 2.20 bits per heavy atom. The average Bonchev–Trinajstić information content (AvgIpc) is 3.45. The van der Waals surface area contributed by atoms with Gasteiger partial charge in [0.05, 0.1) is 0 Å². The molecule has 0 amide bonds. The molecule has 0 saturated heterocycles. The van der Waals surface area contributed by atoms with Crippen molar-refractivity contribution in [1.29, 1.82) is 0 Å².